The fourth-order valence-corrected chi connectivity index (χ4v) is 3.28. The zero-order valence-electron chi connectivity index (χ0n) is 15.0. The Morgan fingerprint density at radius 3 is 2.46 bits per heavy atom. The molecule has 1 unspecified atom stereocenters. The lowest BCUT2D eigenvalue weighted by Crippen LogP contribution is -2.37. The standard InChI is InChI=1S/C21H26N2O/c1-15-13-16-7-5-6-8-19(16)23(15)14-20(24)22-18-11-9-17(10-12-18)21(2,3)4/h5-12,15H,13-14H2,1-4H3,(H,22,24). The van der Waals surface area contributed by atoms with E-state index in [0.29, 0.717) is 12.6 Å². The van der Waals surface area contributed by atoms with Crippen LogP contribution in [0, 0.1) is 0 Å². The van der Waals surface area contributed by atoms with Gasteiger partial charge in [0.25, 0.3) is 0 Å². The van der Waals surface area contributed by atoms with Gasteiger partial charge in [-0.2, -0.15) is 0 Å². The third kappa shape index (κ3) is 3.45. The van der Waals surface area contributed by atoms with Gasteiger partial charge in [-0.1, -0.05) is 51.1 Å². The van der Waals surface area contributed by atoms with Gasteiger partial charge < -0.3 is 10.2 Å². The molecule has 1 amide bonds. The number of carbonyl (C=O) groups is 1. The quantitative estimate of drug-likeness (QED) is 0.910. The summed E-state index contributed by atoms with van der Waals surface area (Å²) in [4.78, 5) is 14.6. The maximum absolute atomic E-state index is 12.5. The van der Waals surface area contributed by atoms with Crippen LogP contribution >= 0.6 is 0 Å². The molecule has 2 aromatic rings. The largest absolute Gasteiger partial charge is 0.359 e. The minimum absolute atomic E-state index is 0.0297. The molecule has 0 aromatic heterocycles. The first kappa shape index (κ1) is 16.6. The van der Waals surface area contributed by atoms with Gasteiger partial charge in [0, 0.05) is 17.4 Å². The Kier molecular flexibility index (Phi) is 4.35. The first-order valence-electron chi connectivity index (χ1n) is 8.59. The zero-order chi connectivity index (χ0) is 17.3. The summed E-state index contributed by atoms with van der Waals surface area (Å²) in [6.07, 6.45) is 1.00. The third-order valence-corrected chi connectivity index (χ3v) is 4.70. The van der Waals surface area contributed by atoms with Crippen molar-refractivity contribution in [1.29, 1.82) is 0 Å². The fourth-order valence-electron chi connectivity index (χ4n) is 3.28. The molecule has 1 aliphatic rings. The number of hydrogen-bond acceptors (Lipinski definition) is 2. The average molecular weight is 322 g/mol. The summed E-state index contributed by atoms with van der Waals surface area (Å²) >= 11 is 0. The van der Waals surface area contributed by atoms with Crippen molar-refractivity contribution in [3.8, 4) is 0 Å². The molecule has 0 aliphatic carbocycles. The molecular weight excluding hydrogens is 296 g/mol. The Morgan fingerprint density at radius 1 is 1.12 bits per heavy atom. The molecule has 3 rings (SSSR count). The summed E-state index contributed by atoms with van der Waals surface area (Å²) in [5, 5.41) is 3.02. The van der Waals surface area contributed by atoms with E-state index in [-0.39, 0.29) is 11.3 Å². The lowest BCUT2D eigenvalue weighted by molar-refractivity contribution is -0.115. The lowest BCUT2D eigenvalue weighted by atomic mass is 9.87. The summed E-state index contributed by atoms with van der Waals surface area (Å²) < 4.78 is 0. The Bertz CT molecular complexity index is 728. The van der Waals surface area contributed by atoms with Crippen LogP contribution in [0.25, 0.3) is 0 Å². The SMILES string of the molecule is CC1Cc2ccccc2N1CC(=O)Nc1ccc(C(C)(C)C)cc1. The van der Waals surface area contributed by atoms with Crippen molar-refractivity contribution < 1.29 is 4.79 Å². The van der Waals surface area contributed by atoms with Gasteiger partial charge in [0.15, 0.2) is 0 Å². The number of rotatable bonds is 3. The van der Waals surface area contributed by atoms with Crippen molar-refractivity contribution >= 4 is 17.3 Å². The van der Waals surface area contributed by atoms with E-state index >= 15 is 0 Å². The summed E-state index contributed by atoms with van der Waals surface area (Å²) in [5.74, 6) is 0.0297. The fraction of sp³-hybridized carbons (Fsp3) is 0.381. The van der Waals surface area contributed by atoms with Crippen LogP contribution in [0.5, 0.6) is 0 Å². The Balaban J connectivity index is 1.66. The van der Waals surface area contributed by atoms with Crippen molar-refractivity contribution in [3.63, 3.8) is 0 Å². The molecule has 0 saturated heterocycles. The van der Waals surface area contributed by atoms with Gasteiger partial charge in [0.2, 0.25) is 5.91 Å². The molecule has 1 aliphatic heterocycles. The van der Waals surface area contributed by atoms with Crippen LogP contribution in [-0.4, -0.2) is 18.5 Å². The molecule has 1 atom stereocenters. The second-order valence-electron chi connectivity index (χ2n) is 7.69. The van der Waals surface area contributed by atoms with Gasteiger partial charge in [-0.25, -0.2) is 0 Å². The van der Waals surface area contributed by atoms with Crippen molar-refractivity contribution in [2.45, 2.75) is 45.6 Å². The van der Waals surface area contributed by atoms with Gasteiger partial charge >= 0.3 is 0 Å². The Labute approximate surface area is 144 Å². The van der Waals surface area contributed by atoms with Gasteiger partial charge in [0.1, 0.15) is 0 Å². The van der Waals surface area contributed by atoms with E-state index in [1.807, 2.05) is 18.2 Å². The number of nitrogens with one attached hydrogen (secondary N) is 1. The van der Waals surface area contributed by atoms with E-state index in [0.717, 1.165) is 12.1 Å². The summed E-state index contributed by atoms with van der Waals surface area (Å²) in [5.41, 5.74) is 4.75. The number of hydrogen-bond donors (Lipinski definition) is 1. The van der Waals surface area contributed by atoms with Crippen LogP contribution < -0.4 is 10.2 Å². The van der Waals surface area contributed by atoms with Gasteiger partial charge in [-0.15, -0.1) is 0 Å². The molecule has 2 aromatic carbocycles. The van der Waals surface area contributed by atoms with E-state index in [1.54, 1.807) is 0 Å². The van der Waals surface area contributed by atoms with Crippen molar-refractivity contribution in [3.05, 3.63) is 59.7 Å². The summed E-state index contributed by atoms with van der Waals surface area (Å²) in [6, 6.07) is 16.8. The molecule has 0 radical (unpaired) electrons. The average Bonchev–Trinajstić information content (AvgIpc) is 2.83. The van der Waals surface area contributed by atoms with Crippen LogP contribution in [0.4, 0.5) is 11.4 Å². The first-order chi connectivity index (χ1) is 11.3. The van der Waals surface area contributed by atoms with Gasteiger partial charge in [-0.3, -0.25) is 4.79 Å². The topological polar surface area (TPSA) is 32.3 Å². The van der Waals surface area contributed by atoms with Crippen LogP contribution in [0.1, 0.15) is 38.8 Å². The summed E-state index contributed by atoms with van der Waals surface area (Å²) in [7, 11) is 0. The highest BCUT2D eigenvalue weighted by atomic mass is 16.2. The molecule has 0 bridgehead atoms. The summed E-state index contributed by atoms with van der Waals surface area (Å²) in [6.45, 7) is 9.12. The van der Waals surface area contributed by atoms with E-state index in [9.17, 15) is 4.79 Å². The van der Waals surface area contributed by atoms with Gasteiger partial charge in [0.05, 0.1) is 6.54 Å². The van der Waals surface area contributed by atoms with Crippen molar-refractivity contribution in [1.82, 2.24) is 0 Å². The molecule has 1 N–H and O–H groups in total. The number of nitrogens with zero attached hydrogens (tertiary/aromatic N) is 1. The Hall–Kier alpha value is -2.29. The predicted octanol–water partition coefficient (Wildman–Crippen LogP) is 4.37. The molecule has 3 nitrogen and oxygen atoms in total. The molecule has 126 valence electrons. The highest BCUT2D eigenvalue weighted by Gasteiger charge is 2.27. The molecule has 0 spiro atoms. The second kappa shape index (κ2) is 6.31. The zero-order valence-corrected chi connectivity index (χ0v) is 15.0. The monoisotopic (exact) mass is 322 g/mol. The Morgan fingerprint density at radius 2 is 1.79 bits per heavy atom. The highest BCUT2D eigenvalue weighted by Crippen LogP contribution is 2.31. The van der Waals surface area contributed by atoms with Crippen LogP contribution in [-0.2, 0) is 16.6 Å². The smallest absolute Gasteiger partial charge is 0.243 e. The lowest BCUT2D eigenvalue weighted by Gasteiger charge is -2.24. The van der Waals surface area contributed by atoms with E-state index < -0.39 is 0 Å². The minimum atomic E-state index is 0.0297. The normalized spacial score (nSPS) is 16.8. The molecule has 3 heteroatoms. The highest BCUT2D eigenvalue weighted by molar-refractivity contribution is 5.94. The molecule has 24 heavy (non-hydrogen) atoms. The maximum Gasteiger partial charge on any atom is 0.243 e. The number of para-hydroxylation sites is 1. The molecule has 1 heterocycles. The van der Waals surface area contributed by atoms with Crippen LogP contribution in [0.15, 0.2) is 48.5 Å². The molecular formula is C21H26N2O. The van der Waals surface area contributed by atoms with Crippen molar-refractivity contribution in [2.75, 3.05) is 16.8 Å². The predicted molar refractivity (Wildman–Crippen MR) is 101 cm³/mol. The molecule has 0 saturated carbocycles. The number of fused-ring (bicyclic) bond motifs is 1. The van der Waals surface area contributed by atoms with Crippen LogP contribution in [0.2, 0.25) is 0 Å². The number of carbonyl (C=O) groups excluding carboxylic acids is 1. The maximum atomic E-state index is 12.5. The first-order valence-corrected chi connectivity index (χ1v) is 8.59. The minimum Gasteiger partial charge on any atom is -0.359 e. The second-order valence-corrected chi connectivity index (χ2v) is 7.69. The third-order valence-electron chi connectivity index (χ3n) is 4.70. The number of amides is 1. The number of benzene rings is 2. The molecule has 0 fully saturated rings. The van der Waals surface area contributed by atoms with E-state index in [1.165, 1.54) is 16.8 Å². The van der Waals surface area contributed by atoms with E-state index in [2.05, 4.69) is 68.2 Å². The van der Waals surface area contributed by atoms with Gasteiger partial charge in [-0.05, 0) is 48.1 Å². The van der Waals surface area contributed by atoms with Crippen molar-refractivity contribution in [2.24, 2.45) is 0 Å². The van der Waals surface area contributed by atoms with Crippen LogP contribution in [0.3, 0.4) is 0 Å². The van der Waals surface area contributed by atoms with E-state index in [4.69, 9.17) is 0 Å². The number of anilines is 2.